The lowest BCUT2D eigenvalue weighted by molar-refractivity contribution is -0.112. The van der Waals surface area contributed by atoms with Gasteiger partial charge in [0, 0.05) is 11.1 Å². The second-order valence-electron chi connectivity index (χ2n) is 3.45. The van der Waals surface area contributed by atoms with E-state index in [1.54, 1.807) is 12.3 Å². The number of nitrogens with two attached hydrogens (primary N) is 1. The van der Waals surface area contributed by atoms with Crippen molar-refractivity contribution in [1.82, 2.24) is 4.98 Å². The predicted octanol–water partition coefficient (Wildman–Crippen LogP) is 1.09. The molecule has 19 heavy (non-hydrogen) atoms. The highest BCUT2D eigenvalue weighted by Crippen LogP contribution is 2.11. The zero-order valence-electron chi connectivity index (χ0n) is 9.82. The smallest absolute Gasteiger partial charge is 0.400 e. The van der Waals surface area contributed by atoms with E-state index in [1.807, 2.05) is 0 Å². The molecular formula is C11H9N3O4S. The fraction of sp³-hybridized carbons (Fsp3) is 0.0909. The minimum atomic E-state index is -0.832. The van der Waals surface area contributed by atoms with Crippen molar-refractivity contribution in [3.63, 3.8) is 0 Å². The molecule has 2 N–H and O–H groups in total. The lowest BCUT2D eigenvalue weighted by Crippen LogP contribution is -2.25. The maximum Gasteiger partial charge on any atom is 0.400 e. The van der Waals surface area contributed by atoms with Crippen molar-refractivity contribution < 1.29 is 18.8 Å². The number of thiazole rings is 1. The van der Waals surface area contributed by atoms with Gasteiger partial charge in [0.1, 0.15) is 0 Å². The lowest BCUT2D eigenvalue weighted by atomic mass is 10.4. The molecule has 1 amide bonds. The number of carbonyl (C=O) groups is 2. The van der Waals surface area contributed by atoms with Crippen LogP contribution in [0.5, 0.6) is 0 Å². The minimum absolute atomic E-state index is 0.0251. The SMILES string of the molecule is Cc1csc(/C(=N/OC(=O)c2ccco2)C(N)=O)n1. The molecule has 0 spiro atoms. The number of carbonyl (C=O) groups excluding carboxylic acids is 2. The van der Waals surface area contributed by atoms with Crippen LogP contribution in [0.1, 0.15) is 21.3 Å². The number of nitrogens with zero attached hydrogens (tertiary/aromatic N) is 2. The van der Waals surface area contributed by atoms with Crippen LogP contribution in [0.4, 0.5) is 0 Å². The first-order valence-electron chi connectivity index (χ1n) is 5.13. The molecule has 2 heterocycles. The third kappa shape index (κ3) is 3.05. The standard InChI is InChI=1S/C11H9N3O4S/c1-6-5-19-10(13-6)8(9(12)15)14-18-11(16)7-3-2-4-17-7/h2-5H,1H3,(H2,12,15)/b14-8+. The Kier molecular flexibility index (Phi) is 3.71. The van der Waals surface area contributed by atoms with Gasteiger partial charge in [-0.05, 0) is 19.1 Å². The van der Waals surface area contributed by atoms with Gasteiger partial charge in [-0.3, -0.25) is 4.79 Å². The zero-order chi connectivity index (χ0) is 13.8. The van der Waals surface area contributed by atoms with Gasteiger partial charge in [-0.2, -0.15) is 0 Å². The Balaban J connectivity index is 2.18. The van der Waals surface area contributed by atoms with E-state index in [-0.39, 0.29) is 16.5 Å². The molecule has 0 aliphatic heterocycles. The fourth-order valence-electron chi connectivity index (χ4n) is 1.18. The topological polar surface area (TPSA) is 108 Å². The van der Waals surface area contributed by atoms with E-state index in [0.29, 0.717) is 5.69 Å². The molecular weight excluding hydrogens is 270 g/mol. The van der Waals surface area contributed by atoms with Crippen molar-refractivity contribution in [3.05, 3.63) is 40.2 Å². The van der Waals surface area contributed by atoms with E-state index in [2.05, 4.69) is 15.0 Å². The highest BCUT2D eigenvalue weighted by molar-refractivity contribution is 7.12. The third-order valence-corrected chi connectivity index (χ3v) is 2.96. The molecule has 0 saturated heterocycles. The van der Waals surface area contributed by atoms with Gasteiger partial charge in [-0.15, -0.1) is 11.3 Å². The Morgan fingerprint density at radius 2 is 2.32 bits per heavy atom. The first kappa shape index (κ1) is 13.0. The quantitative estimate of drug-likeness (QED) is 0.512. The Labute approximate surface area is 111 Å². The molecule has 0 aliphatic rings. The molecule has 98 valence electrons. The van der Waals surface area contributed by atoms with E-state index in [0.717, 1.165) is 0 Å². The molecule has 0 saturated carbocycles. The number of rotatable bonds is 4. The predicted molar refractivity (Wildman–Crippen MR) is 66.7 cm³/mol. The molecule has 0 unspecified atom stereocenters. The van der Waals surface area contributed by atoms with Crippen molar-refractivity contribution >= 4 is 28.9 Å². The summed E-state index contributed by atoms with van der Waals surface area (Å²) in [4.78, 5) is 31.4. The molecule has 8 heteroatoms. The summed E-state index contributed by atoms with van der Waals surface area (Å²) < 4.78 is 4.82. The van der Waals surface area contributed by atoms with E-state index >= 15 is 0 Å². The van der Waals surface area contributed by atoms with Gasteiger partial charge in [0.2, 0.25) is 11.5 Å². The number of aryl methyl sites for hydroxylation is 1. The van der Waals surface area contributed by atoms with Gasteiger partial charge in [0.15, 0.2) is 5.01 Å². The highest BCUT2D eigenvalue weighted by atomic mass is 32.1. The van der Waals surface area contributed by atoms with Crippen LogP contribution in [0.15, 0.2) is 33.3 Å². The Hall–Kier alpha value is -2.48. The van der Waals surface area contributed by atoms with Crippen LogP contribution in [-0.4, -0.2) is 22.6 Å². The van der Waals surface area contributed by atoms with Gasteiger partial charge in [0.05, 0.1) is 6.26 Å². The molecule has 2 rings (SSSR count). The van der Waals surface area contributed by atoms with Crippen LogP contribution in [0.2, 0.25) is 0 Å². The summed E-state index contributed by atoms with van der Waals surface area (Å²) in [6, 6.07) is 2.94. The molecule has 2 aromatic rings. The third-order valence-electron chi connectivity index (χ3n) is 2.00. The van der Waals surface area contributed by atoms with Crippen molar-refractivity contribution in [2.45, 2.75) is 6.92 Å². The number of amides is 1. The van der Waals surface area contributed by atoms with E-state index in [9.17, 15) is 9.59 Å². The van der Waals surface area contributed by atoms with Gasteiger partial charge < -0.3 is 15.0 Å². The fourth-order valence-corrected chi connectivity index (χ4v) is 1.96. The summed E-state index contributed by atoms with van der Waals surface area (Å²) in [5.74, 6) is -1.68. The molecule has 0 bridgehead atoms. The summed E-state index contributed by atoms with van der Waals surface area (Å²) in [5, 5.41) is 5.46. The molecule has 0 aromatic carbocycles. The van der Waals surface area contributed by atoms with Gasteiger partial charge in [0.25, 0.3) is 5.91 Å². The van der Waals surface area contributed by atoms with Gasteiger partial charge in [-0.25, -0.2) is 9.78 Å². The number of aromatic nitrogens is 1. The molecule has 0 radical (unpaired) electrons. The number of hydrogen-bond acceptors (Lipinski definition) is 7. The van der Waals surface area contributed by atoms with E-state index in [1.165, 1.54) is 29.7 Å². The molecule has 2 aromatic heterocycles. The monoisotopic (exact) mass is 279 g/mol. The number of oxime groups is 1. The lowest BCUT2D eigenvalue weighted by Gasteiger charge is -1.97. The summed E-state index contributed by atoms with van der Waals surface area (Å²) in [6.07, 6.45) is 1.32. The normalized spacial score (nSPS) is 11.3. The van der Waals surface area contributed by atoms with Crippen LogP contribution < -0.4 is 5.73 Å². The Morgan fingerprint density at radius 1 is 1.53 bits per heavy atom. The molecule has 0 aliphatic carbocycles. The molecule has 0 atom stereocenters. The van der Waals surface area contributed by atoms with Gasteiger partial charge in [-0.1, -0.05) is 5.16 Å². The number of furan rings is 1. The Morgan fingerprint density at radius 3 is 2.84 bits per heavy atom. The first-order chi connectivity index (χ1) is 9.08. The summed E-state index contributed by atoms with van der Waals surface area (Å²) in [7, 11) is 0. The van der Waals surface area contributed by atoms with Crippen LogP contribution in [0.25, 0.3) is 0 Å². The zero-order valence-corrected chi connectivity index (χ0v) is 10.6. The van der Waals surface area contributed by atoms with Crippen LogP contribution in [-0.2, 0) is 9.63 Å². The second kappa shape index (κ2) is 5.44. The summed E-state index contributed by atoms with van der Waals surface area (Å²) in [6.45, 7) is 1.76. The summed E-state index contributed by atoms with van der Waals surface area (Å²) in [5.41, 5.74) is 5.67. The second-order valence-corrected chi connectivity index (χ2v) is 4.31. The van der Waals surface area contributed by atoms with Crippen LogP contribution in [0.3, 0.4) is 0 Å². The average molecular weight is 279 g/mol. The van der Waals surface area contributed by atoms with E-state index < -0.39 is 11.9 Å². The van der Waals surface area contributed by atoms with Crippen molar-refractivity contribution in [2.24, 2.45) is 10.9 Å². The molecule has 7 nitrogen and oxygen atoms in total. The van der Waals surface area contributed by atoms with Crippen LogP contribution >= 0.6 is 11.3 Å². The molecule has 0 fully saturated rings. The largest absolute Gasteiger partial charge is 0.457 e. The van der Waals surface area contributed by atoms with Gasteiger partial charge >= 0.3 is 5.97 Å². The minimum Gasteiger partial charge on any atom is -0.457 e. The average Bonchev–Trinajstić information content (AvgIpc) is 3.00. The number of primary amides is 1. The maximum atomic E-state index is 11.5. The summed E-state index contributed by atoms with van der Waals surface area (Å²) >= 11 is 1.18. The highest BCUT2D eigenvalue weighted by Gasteiger charge is 2.17. The maximum absolute atomic E-state index is 11.5. The Bertz CT molecular complexity index is 630. The van der Waals surface area contributed by atoms with Crippen molar-refractivity contribution in [1.29, 1.82) is 0 Å². The van der Waals surface area contributed by atoms with Crippen molar-refractivity contribution in [2.75, 3.05) is 0 Å². The van der Waals surface area contributed by atoms with E-state index in [4.69, 9.17) is 10.2 Å². The van der Waals surface area contributed by atoms with Crippen molar-refractivity contribution in [3.8, 4) is 0 Å². The van der Waals surface area contributed by atoms with Crippen LogP contribution in [0, 0.1) is 6.92 Å². The number of hydrogen-bond donors (Lipinski definition) is 1. The first-order valence-corrected chi connectivity index (χ1v) is 6.01.